The van der Waals surface area contributed by atoms with Crippen LogP contribution in [0.3, 0.4) is 0 Å². The molecule has 96 valence electrons. The zero-order chi connectivity index (χ0) is 12.4. The van der Waals surface area contributed by atoms with Gasteiger partial charge in [-0.1, -0.05) is 25.1 Å². The van der Waals surface area contributed by atoms with Gasteiger partial charge in [-0.15, -0.1) is 0 Å². The number of hydrogen-bond acceptors (Lipinski definition) is 3. The Bertz CT molecular complexity index is 468. The summed E-state index contributed by atoms with van der Waals surface area (Å²) >= 11 is 0. The van der Waals surface area contributed by atoms with Crippen LogP contribution in [-0.4, -0.2) is 13.2 Å². The molecule has 0 saturated heterocycles. The number of nitrogens with one attached hydrogen (secondary N) is 1. The summed E-state index contributed by atoms with van der Waals surface area (Å²) in [6.45, 7) is 5.35. The van der Waals surface area contributed by atoms with Crippen molar-refractivity contribution in [2.24, 2.45) is 0 Å². The summed E-state index contributed by atoms with van der Waals surface area (Å²) in [5.74, 6) is 1.07. The molecular formula is C15H19NO2. The van der Waals surface area contributed by atoms with E-state index in [9.17, 15) is 0 Å². The molecule has 3 nitrogen and oxygen atoms in total. The minimum atomic E-state index is 0.184. The van der Waals surface area contributed by atoms with E-state index in [0.29, 0.717) is 0 Å². The Hall–Kier alpha value is -1.32. The number of likely N-dealkylation sites (N-methyl/N-ethyl adjacent to an activating group) is 1. The molecule has 0 fully saturated rings. The van der Waals surface area contributed by atoms with E-state index in [1.165, 1.54) is 16.7 Å². The van der Waals surface area contributed by atoms with Crippen LogP contribution in [0.4, 0.5) is 0 Å². The largest absolute Gasteiger partial charge is 0.496 e. The van der Waals surface area contributed by atoms with Crippen molar-refractivity contribution in [1.82, 2.24) is 5.32 Å². The second kappa shape index (κ2) is 5.12. The van der Waals surface area contributed by atoms with Crippen molar-refractivity contribution in [3.05, 3.63) is 46.7 Å². The molecule has 1 unspecified atom stereocenters. The van der Waals surface area contributed by atoms with Crippen molar-refractivity contribution >= 4 is 0 Å². The fourth-order valence-electron chi connectivity index (χ4n) is 2.60. The van der Waals surface area contributed by atoms with E-state index in [0.717, 1.165) is 38.5 Å². The summed E-state index contributed by atoms with van der Waals surface area (Å²) in [4.78, 5) is 0. The van der Waals surface area contributed by atoms with E-state index in [1.54, 1.807) is 0 Å². The third-order valence-corrected chi connectivity index (χ3v) is 3.50. The molecular weight excluding hydrogens is 226 g/mol. The van der Waals surface area contributed by atoms with Crippen molar-refractivity contribution < 1.29 is 9.47 Å². The number of ether oxygens (including phenoxy) is 2. The smallest absolute Gasteiger partial charge is 0.114 e. The number of fused-ring (bicyclic) bond motifs is 1. The van der Waals surface area contributed by atoms with Gasteiger partial charge < -0.3 is 14.8 Å². The molecule has 0 aromatic heterocycles. The summed E-state index contributed by atoms with van der Waals surface area (Å²) < 4.78 is 11.2. The Morgan fingerprint density at radius 3 is 2.94 bits per heavy atom. The number of benzene rings is 1. The quantitative estimate of drug-likeness (QED) is 0.884. The summed E-state index contributed by atoms with van der Waals surface area (Å²) in [7, 11) is 0. The second-order valence-electron chi connectivity index (χ2n) is 4.76. The van der Waals surface area contributed by atoms with E-state index in [-0.39, 0.29) is 6.04 Å². The van der Waals surface area contributed by atoms with Crippen LogP contribution in [0.5, 0.6) is 0 Å². The van der Waals surface area contributed by atoms with E-state index in [1.807, 2.05) is 0 Å². The Balaban J connectivity index is 1.89. The lowest BCUT2D eigenvalue weighted by atomic mass is 9.99. The molecule has 18 heavy (non-hydrogen) atoms. The first-order valence-electron chi connectivity index (χ1n) is 6.64. The molecule has 0 saturated carbocycles. The normalized spacial score (nSPS) is 19.3. The summed E-state index contributed by atoms with van der Waals surface area (Å²) in [6, 6.07) is 6.79. The SMILES string of the molecule is CCNC(C1=CCCO1)c1ccc2c(c1)COC2. The van der Waals surface area contributed by atoms with E-state index >= 15 is 0 Å². The Kier molecular flexibility index (Phi) is 3.35. The molecule has 0 amide bonds. The molecule has 3 heteroatoms. The van der Waals surface area contributed by atoms with Crippen molar-refractivity contribution in [3.63, 3.8) is 0 Å². The van der Waals surface area contributed by atoms with Crippen LogP contribution in [-0.2, 0) is 22.7 Å². The van der Waals surface area contributed by atoms with Crippen LogP contribution in [0.25, 0.3) is 0 Å². The minimum Gasteiger partial charge on any atom is -0.496 e. The number of rotatable bonds is 4. The van der Waals surface area contributed by atoms with Gasteiger partial charge in [0.2, 0.25) is 0 Å². The zero-order valence-electron chi connectivity index (χ0n) is 10.7. The van der Waals surface area contributed by atoms with Crippen molar-refractivity contribution in [2.45, 2.75) is 32.6 Å². The maximum Gasteiger partial charge on any atom is 0.114 e. The fraction of sp³-hybridized carbons (Fsp3) is 0.467. The molecule has 1 aromatic carbocycles. The molecule has 0 radical (unpaired) electrons. The standard InChI is InChI=1S/C15H19NO2/c1-2-16-15(14-4-3-7-18-14)11-5-6-12-9-17-10-13(12)8-11/h4-6,8,15-16H,2-3,7,9-10H2,1H3. The van der Waals surface area contributed by atoms with Gasteiger partial charge in [0.05, 0.1) is 25.9 Å². The van der Waals surface area contributed by atoms with Gasteiger partial charge in [-0.3, -0.25) is 0 Å². The Labute approximate surface area is 108 Å². The van der Waals surface area contributed by atoms with Gasteiger partial charge in [0.1, 0.15) is 5.76 Å². The van der Waals surface area contributed by atoms with Crippen LogP contribution < -0.4 is 5.32 Å². The highest BCUT2D eigenvalue weighted by Crippen LogP contribution is 2.29. The molecule has 2 aliphatic rings. The van der Waals surface area contributed by atoms with Gasteiger partial charge in [0.15, 0.2) is 0 Å². The second-order valence-corrected chi connectivity index (χ2v) is 4.76. The first-order valence-corrected chi connectivity index (χ1v) is 6.64. The van der Waals surface area contributed by atoms with E-state index < -0.39 is 0 Å². The first kappa shape index (κ1) is 11.8. The van der Waals surface area contributed by atoms with Gasteiger partial charge in [0.25, 0.3) is 0 Å². The van der Waals surface area contributed by atoms with Gasteiger partial charge in [-0.2, -0.15) is 0 Å². The lowest BCUT2D eigenvalue weighted by molar-refractivity contribution is 0.134. The van der Waals surface area contributed by atoms with Crippen LogP contribution in [0.2, 0.25) is 0 Å². The molecule has 1 aromatic rings. The predicted molar refractivity (Wildman–Crippen MR) is 70.0 cm³/mol. The molecule has 3 rings (SSSR count). The lowest BCUT2D eigenvalue weighted by Crippen LogP contribution is -2.23. The molecule has 1 N–H and O–H groups in total. The van der Waals surface area contributed by atoms with E-state index in [4.69, 9.17) is 9.47 Å². The fourth-order valence-corrected chi connectivity index (χ4v) is 2.60. The molecule has 2 heterocycles. The Morgan fingerprint density at radius 2 is 2.17 bits per heavy atom. The van der Waals surface area contributed by atoms with Crippen molar-refractivity contribution in [2.75, 3.05) is 13.2 Å². The number of hydrogen-bond donors (Lipinski definition) is 1. The molecule has 0 bridgehead atoms. The highest BCUT2D eigenvalue weighted by Gasteiger charge is 2.21. The summed E-state index contributed by atoms with van der Waals surface area (Å²) in [6.07, 6.45) is 3.21. The van der Waals surface area contributed by atoms with E-state index in [2.05, 4.69) is 36.5 Å². The topological polar surface area (TPSA) is 30.5 Å². The highest BCUT2D eigenvalue weighted by molar-refractivity contribution is 5.37. The van der Waals surface area contributed by atoms with Gasteiger partial charge in [0, 0.05) is 6.42 Å². The van der Waals surface area contributed by atoms with Crippen LogP contribution in [0.15, 0.2) is 30.0 Å². The molecule has 2 aliphatic heterocycles. The zero-order valence-corrected chi connectivity index (χ0v) is 10.7. The third-order valence-electron chi connectivity index (χ3n) is 3.50. The summed E-state index contributed by atoms with van der Waals surface area (Å²) in [5, 5.41) is 3.50. The van der Waals surface area contributed by atoms with Crippen LogP contribution in [0, 0.1) is 0 Å². The van der Waals surface area contributed by atoms with Crippen LogP contribution in [0.1, 0.15) is 36.1 Å². The highest BCUT2D eigenvalue weighted by atomic mass is 16.5. The molecule has 0 aliphatic carbocycles. The van der Waals surface area contributed by atoms with Crippen LogP contribution >= 0.6 is 0 Å². The maximum atomic E-state index is 5.71. The predicted octanol–water partition coefficient (Wildman–Crippen LogP) is 2.67. The first-order chi connectivity index (χ1) is 8.88. The maximum absolute atomic E-state index is 5.71. The molecule has 0 spiro atoms. The minimum absolute atomic E-state index is 0.184. The van der Waals surface area contributed by atoms with Gasteiger partial charge >= 0.3 is 0 Å². The van der Waals surface area contributed by atoms with Crippen molar-refractivity contribution in [3.8, 4) is 0 Å². The van der Waals surface area contributed by atoms with Gasteiger partial charge in [-0.25, -0.2) is 0 Å². The average molecular weight is 245 g/mol. The average Bonchev–Trinajstić information content (AvgIpc) is 3.05. The van der Waals surface area contributed by atoms with Gasteiger partial charge in [-0.05, 0) is 29.3 Å². The third kappa shape index (κ3) is 2.16. The monoisotopic (exact) mass is 245 g/mol. The van der Waals surface area contributed by atoms with Crippen molar-refractivity contribution in [1.29, 1.82) is 0 Å². The lowest BCUT2D eigenvalue weighted by Gasteiger charge is -2.20. The molecule has 1 atom stereocenters. The Morgan fingerprint density at radius 1 is 1.28 bits per heavy atom. The summed E-state index contributed by atoms with van der Waals surface area (Å²) in [5.41, 5.74) is 3.90.